The maximum absolute atomic E-state index is 13.1. The second-order valence-corrected chi connectivity index (χ2v) is 8.98. The van der Waals surface area contributed by atoms with Gasteiger partial charge in [0, 0.05) is 23.6 Å². The van der Waals surface area contributed by atoms with Gasteiger partial charge < -0.3 is 15.8 Å². The van der Waals surface area contributed by atoms with Crippen LogP contribution in [0.5, 0.6) is 11.5 Å². The first kappa shape index (κ1) is 19.4. The number of nitrogens with zero attached hydrogens (tertiary/aromatic N) is 3. The van der Waals surface area contributed by atoms with E-state index in [9.17, 15) is 9.59 Å². The first-order chi connectivity index (χ1) is 14.9. The van der Waals surface area contributed by atoms with Gasteiger partial charge in [0.2, 0.25) is 5.91 Å². The molecular weight excluding hydrogens is 414 g/mol. The van der Waals surface area contributed by atoms with E-state index in [1.807, 2.05) is 13.0 Å². The van der Waals surface area contributed by atoms with Gasteiger partial charge in [0.1, 0.15) is 21.3 Å². The summed E-state index contributed by atoms with van der Waals surface area (Å²) in [7, 11) is 0. The molecule has 2 aliphatic heterocycles. The summed E-state index contributed by atoms with van der Waals surface area (Å²) in [6.45, 7) is 3.62. The predicted octanol–water partition coefficient (Wildman–Crippen LogP) is 4.02. The number of nitrogens with two attached hydrogens (primary N) is 1. The van der Waals surface area contributed by atoms with Gasteiger partial charge in [-0.3, -0.25) is 14.7 Å². The van der Waals surface area contributed by atoms with Crippen molar-refractivity contribution in [2.75, 3.05) is 10.2 Å². The molecule has 2 unspecified atom stereocenters. The van der Waals surface area contributed by atoms with E-state index in [0.717, 1.165) is 11.3 Å². The molecular formula is C22H19N5O3S. The van der Waals surface area contributed by atoms with Crippen molar-refractivity contribution in [3.63, 3.8) is 0 Å². The van der Waals surface area contributed by atoms with E-state index in [0.29, 0.717) is 27.9 Å². The molecule has 0 saturated carbocycles. The van der Waals surface area contributed by atoms with Gasteiger partial charge >= 0.3 is 6.03 Å². The molecule has 2 atom stereocenters. The molecule has 2 aliphatic rings. The van der Waals surface area contributed by atoms with Crippen LogP contribution in [0, 0.1) is 6.92 Å². The van der Waals surface area contributed by atoms with Crippen molar-refractivity contribution in [2.45, 2.75) is 29.7 Å². The van der Waals surface area contributed by atoms with E-state index in [4.69, 9.17) is 10.5 Å². The average Bonchev–Trinajstić information content (AvgIpc) is 3.06. The van der Waals surface area contributed by atoms with E-state index in [2.05, 4.69) is 15.3 Å². The second kappa shape index (κ2) is 6.98. The smallest absolute Gasteiger partial charge is 0.326 e. The van der Waals surface area contributed by atoms with Crippen molar-refractivity contribution < 1.29 is 14.3 Å². The number of aryl methyl sites for hydroxylation is 1. The Morgan fingerprint density at radius 2 is 1.97 bits per heavy atom. The molecule has 0 aliphatic carbocycles. The molecule has 0 saturated heterocycles. The summed E-state index contributed by atoms with van der Waals surface area (Å²) in [5.74, 6) is 0.765. The number of hydrogen-bond acceptors (Lipinski definition) is 6. The molecule has 3 N–H and O–H groups in total. The number of amides is 3. The minimum absolute atomic E-state index is 0.332. The van der Waals surface area contributed by atoms with Crippen LogP contribution in [0.3, 0.4) is 0 Å². The van der Waals surface area contributed by atoms with Gasteiger partial charge in [-0.2, -0.15) is 0 Å². The third-order valence-corrected chi connectivity index (χ3v) is 6.93. The molecule has 156 valence electrons. The van der Waals surface area contributed by atoms with Crippen molar-refractivity contribution in [1.29, 1.82) is 0 Å². The predicted molar refractivity (Wildman–Crippen MR) is 117 cm³/mol. The lowest BCUT2D eigenvalue weighted by molar-refractivity contribution is -0.120. The molecule has 0 fully saturated rings. The zero-order valence-corrected chi connectivity index (χ0v) is 17.6. The normalized spacial score (nSPS) is 21.4. The number of hydrogen-bond donors (Lipinski definition) is 2. The molecule has 5 rings (SSSR count). The second-order valence-electron chi connectivity index (χ2n) is 7.54. The van der Waals surface area contributed by atoms with E-state index in [1.165, 1.54) is 11.8 Å². The molecule has 8 nitrogen and oxygen atoms in total. The Kier molecular flexibility index (Phi) is 4.37. The van der Waals surface area contributed by atoms with Crippen molar-refractivity contribution >= 4 is 35.1 Å². The van der Waals surface area contributed by atoms with Crippen LogP contribution in [0.15, 0.2) is 59.9 Å². The van der Waals surface area contributed by atoms with Gasteiger partial charge in [-0.25, -0.2) is 9.78 Å². The largest absolute Gasteiger partial charge is 0.455 e. The fourth-order valence-electron chi connectivity index (χ4n) is 3.94. The summed E-state index contributed by atoms with van der Waals surface area (Å²) in [5.41, 5.74) is 8.64. The van der Waals surface area contributed by atoms with Crippen LogP contribution in [-0.2, 0) is 4.79 Å². The standard InChI is InChI=1S/C22H19N5O3S/c1-12-16(4-3-10-24-12)30-14-7-5-13(6-8-14)27-18-17-15(26-21(27)29)9-11-25-19(17)31-22(18,2)20(23)28/h3-11,18H,1-2H3,(H2,23,28)(H,26,29). The maximum atomic E-state index is 13.1. The first-order valence-corrected chi connectivity index (χ1v) is 10.5. The van der Waals surface area contributed by atoms with Crippen LogP contribution in [0.4, 0.5) is 16.2 Å². The number of nitrogens with one attached hydrogen (secondary N) is 1. The van der Waals surface area contributed by atoms with Crippen LogP contribution < -0.4 is 20.7 Å². The Hall–Kier alpha value is -3.59. The molecule has 0 radical (unpaired) electrons. The van der Waals surface area contributed by atoms with Crippen molar-refractivity contribution in [2.24, 2.45) is 5.73 Å². The summed E-state index contributed by atoms with van der Waals surface area (Å²) < 4.78 is 4.86. The van der Waals surface area contributed by atoms with Gasteiger partial charge in [-0.05, 0) is 56.3 Å². The molecule has 1 aromatic carbocycles. The highest BCUT2D eigenvalue weighted by molar-refractivity contribution is 8.01. The summed E-state index contributed by atoms with van der Waals surface area (Å²) in [4.78, 5) is 35.7. The Bertz CT molecular complexity index is 1220. The monoisotopic (exact) mass is 433 g/mol. The molecule has 3 aromatic rings. The molecule has 9 heteroatoms. The fraction of sp³-hybridized carbons (Fsp3) is 0.182. The molecule has 31 heavy (non-hydrogen) atoms. The first-order valence-electron chi connectivity index (χ1n) is 9.66. The lowest BCUT2D eigenvalue weighted by atomic mass is 9.90. The molecule has 3 amide bonds. The Labute approximate surface area is 182 Å². The minimum atomic E-state index is -1.05. The Balaban J connectivity index is 1.53. The average molecular weight is 433 g/mol. The number of aromatic nitrogens is 2. The lowest BCUT2D eigenvalue weighted by Gasteiger charge is -2.40. The third-order valence-electron chi connectivity index (χ3n) is 5.57. The zero-order valence-electron chi connectivity index (χ0n) is 16.8. The van der Waals surface area contributed by atoms with Crippen LogP contribution in [-0.4, -0.2) is 26.7 Å². The van der Waals surface area contributed by atoms with E-state index in [1.54, 1.807) is 60.6 Å². The highest BCUT2D eigenvalue weighted by atomic mass is 32.2. The SMILES string of the molecule is Cc1ncccc1Oc1ccc(N2C(=O)Nc3ccnc4c3C2C(C)(C(N)=O)S4)cc1. The highest BCUT2D eigenvalue weighted by Gasteiger charge is 2.56. The summed E-state index contributed by atoms with van der Waals surface area (Å²) in [5, 5.41) is 3.60. The number of urea groups is 1. The summed E-state index contributed by atoms with van der Waals surface area (Å²) >= 11 is 1.29. The fourth-order valence-corrected chi connectivity index (χ4v) is 5.22. The Morgan fingerprint density at radius 1 is 1.19 bits per heavy atom. The number of primary amides is 1. The number of pyridine rings is 2. The molecule has 0 bridgehead atoms. The van der Waals surface area contributed by atoms with Gasteiger partial charge in [0.25, 0.3) is 0 Å². The third kappa shape index (κ3) is 3.00. The van der Waals surface area contributed by atoms with Crippen LogP contribution in [0.1, 0.15) is 24.2 Å². The molecule has 0 spiro atoms. The summed E-state index contributed by atoms with van der Waals surface area (Å²) in [6, 6.07) is 11.6. The number of benzene rings is 1. The van der Waals surface area contributed by atoms with Crippen molar-refractivity contribution in [3.8, 4) is 11.5 Å². The van der Waals surface area contributed by atoms with Gasteiger partial charge in [-0.15, -0.1) is 0 Å². The zero-order chi connectivity index (χ0) is 21.8. The van der Waals surface area contributed by atoms with Crippen molar-refractivity contribution in [3.05, 3.63) is 66.1 Å². The van der Waals surface area contributed by atoms with Crippen molar-refractivity contribution in [1.82, 2.24) is 9.97 Å². The van der Waals surface area contributed by atoms with Gasteiger partial charge in [0.05, 0.1) is 17.4 Å². The molecule has 2 aromatic heterocycles. The molecule has 4 heterocycles. The van der Waals surface area contributed by atoms with Gasteiger partial charge in [-0.1, -0.05) is 11.8 Å². The Morgan fingerprint density at radius 3 is 2.68 bits per heavy atom. The number of thioether (sulfide) groups is 1. The number of carbonyl (C=O) groups is 2. The number of ether oxygens (including phenoxy) is 1. The minimum Gasteiger partial charge on any atom is -0.455 e. The quantitative estimate of drug-likeness (QED) is 0.643. The maximum Gasteiger partial charge on any atom is 0.326 e. The van der Waals surface area contributed by atoms with Gasteiger partial charge in [0.15, 0.2) is 0 Å². The van der Waals surface area contributed by atoms with E-state index >= 15 is 0 Å². The number of carbonyl (C=O) groups excluding carboxylic acids is 2. The van der Waals surface area contributed by atoms with E-state index < -0.39 is 16.7 Å². The summed E-state index contributed by atoms with van der Waals surface area (Å²) in [6.07, 6.45) is 3.32. The topological polar surface area (TPSA) is 110 Å². The lowest BCUT2D eigenvalue weighted by Crippen LogP contribution is -2.53. The highest BCUT2D eigenvalue weighted by Crippen LogP contribution is 2.58. The van der Waals surface area contributed by atoms with Crippen LogP contribution >= 0.6 is 11.8 Å². The van der Waals surface area contributed by atoms with Crippen LogP contribution in [0.25, 0.3) is 0 Å². The van der Waals surface area contributed by atoms with Crippen LogP contribution in [0.2, 0.25) is 0 Å². The number of rotatable bonds is 4. The van der Waals surface area contributed by atoms with E-state index in [-0.39, 0.29) is 6.03 Å². The number of anilines is 2.